The van der Waals surface area contributed by atoms with E-state index in [9.17, 15) is 19.5 Å². The molecular formula is C41H60N2O7. The second-order valence-corrected chi connectivity index (χ2v) is 18.1. The van der Waals surface area contributed by atoms with E-state index in [-0.39, 0.29) is 53.9 Å². The monoisotopic (exact) mass is 692 g/mol. The molecule has 9 nitrogen and oxygen atoms in total. The van der Waals surface area contributed by atoms with E-state index in [0.29, 0.717) is 53.5 Å². The number of nitrogens with one attached hydrogen (secondary N) is 2. The van der Waals surface area contributed by atoms with Gasteiger partial charge in [0, 0.05) is 18.7 Å². The van der Waals surface area contributed by atoms with Gasteiger partial charge in [0.2, 0.25) is 5.91 Å². The second kappa shape index (κ2) is 13.5. The number of carbonyl (C=O) groups excluding carboxylic acids is 2. The van der Waals surface area contributed by atoms with Crippen molar-refractivity contribution in [3.05, 3.63) is 35.4 Å². The third-order valence-corrected chi connectivity index (χ3v) is 15.6. The highest BCUT2D eigenvalue weighted by Gasteiger charge is 2.67. The highest BCUT2D eigenvalue weighted by molar-refractivity contribution is 5.94. The molecule has 2 amide bonds. The van der Waals surface area contributed by atoms with E-state index in [4.69, 9.17) is 14.6 Å². The molecule has 11 atom stereocenters. The molecule has 6 aliphatic rings. The fourth-order valence-electron chi connectivity index (χ4n) is 13.1. The summed E-state index contributed by atoms with van der Waals surface area (Å²) in [5.74, 6) is 2.03. The average Bonchev–Trinajstić information content (AvgIpc) is 3.55. The molecule has 0 bridgehead atoms. The Bertz CT molecular complexity index is 1460. The highest BCUT2D eigenvalue weighted by Crippen LogP contribution is 2.73. The van der Waals surface area contributed by atoms with E-state index in [1.165, 1.54) is 32.1 Å². The lowest BCUT2D eigenvalue weighted by atomic mass is 9.36. The largest absolute Gasteiger partial charge is 0.479 e. The van der Waals surface area contributed by atoms with E-state index < -0.39 is 18.2 Å². The molecule has 1 aromatic rings. The Hall–Kier alpha value is -2.49. The maximum absolute atomic E-state index is 14.2. The molecule has 50 heavy (non-hydrogen) atoms. The summed E-state index contributed by atoms with van der Waals surface area (Å²) in [5.41, 5.74) is 1.86. The summed E-state index contributed by atoms with van der Waals surface area (Å²) in [6.07, 6.45) is 11.6. The van der Waals surface area contributed by atoms with E-state index in [1.807, 2.05) is 18.2 Å². The van der Waals surface area contributed by atoms with Gasteiger partial charge < -0.3 is 30.3 Å². The molecule has 5 aliphatic carbocycles. The fraction of sp³-hybridized carbons (Fsp3) is 0.780. The number of aliphatic hydroxyl groups is 1. The summed E-state index contributed by atoms with van der Waals surface area (Å²) in [6.45, 7) is 10.7. The predicted molar refractivity (Wildman–Crippen MR) is 189 cm³/mol. The van der Waals surface area contributed by atoms with Gasteiger partial charge in [-0.15, -0.1) is 0 Å². The number of hydrogen-bond donors (Lipinski definition) is 4. The van der Waals surface area contributed by atoms with Crippen molar-refractivity contribution in [2.24, 2.45) is 51.2 Å². The van der Waals surface area contributed by atoms with Crippen LogP contribution in [0.2, 0.25) is 0 Å². The molecule has 0 aromatic heterocycles. The van der Waals surface area contributed by atoms with Crippen LogP contribution in [0.5, 0.6) is 0 Å². The van der Waals surface area contributed by atoms with Crippen molar-refractivity contribution in [1.29, 1.82) is 0 Å². The zero-order chi connectivity index (χ0) is 35.5. The number of fused-ring (bicyclic) bond motifs is 7. The minimum atomic E-state index is -1.05. The van der Waals surface area contributed by atoms with Crippen LogP contribution in [0, 0.1) is 51.2 Å². The van der Waals surface area contributed by atoms with Gasteiger partial charge in [-0.1, -0.05) is 46.2 Å². The Labute approximate surface area is 298 Å². The molecule has 1 heterocycles. The first-order valence-electron chi connectivity index (χ1n) is 19.6. The highest BCUT2D eigenvalue weighted by atomic mass is 16.6. The van der Waals surface area contributed by atoms with Crippen LogP contribution in [0.4, 0.5) is 0 Å². The summed E-state index contributed by atoms with van der Waals surface area (Å²) in [7, 11) is 0. The first-order chi connectivity index (χ1) is 23.8. The Morgan fingerprint density at radius 2 is 1.64 bits per heavy atom. The van der Waals surface area contributed by atoms with Gasteiger partial charge in [0.15, 0.2) is 6.10 Å². The van der Waals surface area contributed by atoms with Gasteiger partial charge >= 0.3 is 5.97 Å². The van der Waals surface area contributed by atoms with Crippen LogP contribution >= 0.6 is 0 Å². The van der Waals surface area contributed by atoms with Crippen molar-refractivity contribution in [2.45, 2.75) is 123 Å². The Morgan fingerprint density at radius 1 is 0.840 bits per heavy atom. The van der Waals surface area contributed by atoms with E-state index in [2.05, 4.69) is 38.3 Å². The molecule has 4 N–H and O–H groups in total. The van der Waals surface area contributed by atoms with Crippen molar-refractivity contribution >= 4 is 17.8 Å². The molecule has 6 fully saturated rings. The lowest BCUT2D eigenvalue weighted by Gasteiger charge is -2.69. The number of benzene rings is 1. The van der Waals surface area contributed by atoms with Gasteiger partial charge in [-0.05, 0) is 134 Å². The molecule has 0 radical (unpaired) electrons. The topological polar surface area (TPSA) is 134 Å². The van der Waals surface area contributed by atoms with Crippen molar-refractivity contribution in [3.63, 3.8) is 0 Å². The summed E-state index contributed by atoms with van der Waals surface area (Å²) in [5, 5.41) is 26.3. The number of ether oxygens (including phenoxy) is 2. The number of aliphatic carboxylic acids is 1. The number of hydrogen-bond acceptors (Lipinski definition) is 6. The molecule has 1 aliphatic heterocycles. The number of amides is 2. The summed E-state index contributed by atoms with van der Waals surface area (Å²) >= 11 is 0. The molecule has 7 rings (SSSR count). The van der Waals surface area contributed by atoms with Gasteiger partial charge in [0.05, 0.1) is 30.8 Å². The zero-order valence-electron chi connectivity index (χ0n) is 30.7. The normalized spacial score (nSPS) is 41.9. The number of carbonyl (C=O) groups is 3. The van der Waals surface area contributed by atoms with Crippen LogP contribution in [-0.2, 0) is 25.5 Å². The average molecular weight is 693 g/mol. The molecule has 5 saturated carbocycles. The second-order valence-electron chi connectivity index (χ2n) is 18.1. The van der Waals surface area contributed by atoms with Crippen LogP contribution in [0.25, 0.3) is 0 Å². The summed E-state index contributed by atoms with van der Waals surface area (Å²) < 4.78 is 10.8. The molecule has 9 heteroatoms. The van der Waals surface area contributed by atoms with Crippen molar-refractivity contribution < 1.29 is 34.1 Å². The zero-order valence-corrected chi connectivity index (χ0v) is 30.7. The third-order valence-electron chi connectivity index (χ3n) is 15.6. The molecular weight excluding hydrogens is 632 g/mol. The number of carboxylic acid groups (broad SMARTS) is 1. The van der Waals surface area contributed by atoms with Gasteiger partial charge in [-0.3, -0.25) is 9.59 Å². The van der Waals surface area contributed by atoms with Crippen LogP contribution in [0.1, 0.15) is 114 Å². The van der Waals surface area contributed by atoms with Gasteiger partial charge in [-0.25, -0.2) is 4.79 Å². The first kappa shape index (κ1) is 35.9. The lowest BCUT2D eigenvalue weighted by Crippen LogP contribution is -2.63. The van der Waals surface area contributed by atoms with E-state index >= 15 is 0 Å². The quantitative estimate of drug-likeness (QED) is 0.272. The minimum absolute atomic E-state index is 0.0272. The van der Waals surface area contributed by atoms with Crippen molar-refractivity contribution in [1.82, 2.24) is 10.6 Å². The Balaban J connectivity index is 0.948. The van der Waals surface area contributed by atoms with Gasteiger partial charge in [0.25, 0.3) is 5.91 Å². The molecule has 1 saturated heterocycles. The molecule has 11 unspecified atom stereocenters. The van der Waals surface area contributed by atoms with Crippen molar-refractivity contribution in [2.75, 3.05) is 26.3 Å². The fourth-order valence-corrected chi connectivity index (χ4v) is 13.1. The number of rotatable bonds is 8. The standard InChI is InChI=1S/C41H60N2O7/c1-38(2)32-13-17-39(3)29-12-19-41(16-6-9-30(41)28(29)10-11-33(39)40(32,4)18-14-34(38)44)37(48)42-20-15-25-7-5-8-26(21-25)35(45)43-22-27-23-50-31(24-49-27)36(46)47/h5,7-8,21,27-34,44H,6,9-20,22-24H2,1-4H3,(H,42,48)(H,43,45)(H,46,47). The van der Waals surface area contributed by atoms with Crippen LogP contribution in [-0.4, -0.2) is 72.6 Å². The summed E-state index contributed by atoms with van der Waals surface area (Å²) in [4.78, 5) is 38.1. The van der Waals surface area contributed by atoms with Gasteiger partial charge in [-0.2, -0.15) is 0 Å². The number of aliphatic hydroxyl groups excluding tert-OH is 1. The maximum atomic E-state index is 14.2. The smallest absolute Gasteiger partial charge is 0.335 e. The SMILES string of the molecule is CC1(C)C(O)CCC2(C)C1CCC1(C)C3CCC4(C(=O)NCCc5cccc(C(=O)NCC6COC(C(=O)O)CO6)c5)CCCC4C3CCC12. The van der Waals surface area contributed by atoms with E-state index in [1.54, 1.807) is 6.07 Å². The van der Waals surface area contributed by atoms with Crippen LogP contribution in [0.3, 0.4) is 0 Å². The summed E-state index contributed by atoms with van der Waals surface area (Å²) in [6, 6.07) is 7.52. The molecule has 0 spiro atoms. The van der Waals surface area contributed by atoms with E-state index in [0.717, 1.165) is 44.1 Å². The predicted octanol–water partition coefficient (Wildman–Crippen LogP) is 5.77. The lowest BCUT2D eigenvalue weighted by molar-refractivity contribution is -0.214. The number of carboxylic acids is 1. The van der Waals surface area contributed by atoms with Crippen LogP contribution < -0.4 is 10.6 Å². The van der Waals surface area contributed by atoms with Crippen LogP contribution in [0.15, 0.2) is 24.3 Å². The van der Waals surface area contributed by atoms with Crippen molar-refractivity contribution in [3.8, 4) is 0 Å². The van der Waals surface area contributed by atoms with Gasteiger partial charge in [0.1, 0.15) is 0 Å². The third kappa shape index (κ3) is 6.01. The Morgan fingerprint density at radius 3 is 2.40 bits per heavy atom. The Kier molecular flexibility index (Phi) is 9.68. The maximum Gasteiger partial charge on any atom is 0.335 e. The first-order valence-corrected chi connectivity index (χ1v) is 19.6. The molecule has 1 aromatic carbocycles. The minimum Gasteiger partial charge on any atom is -0.479 e. The molecule has 276 valence electrons.